The van der Waals surface area contributed by atoms with Gasteiger partial charge in [-0.3, -0.25) is 4.79 Å². The molecule has 1 aliphatic heterocycles. The summed E-state index contributed by atoms with van der Waals surface area (Å²) in [5, 5.41) is 1.14. The van der Waals surface area contributed by atoms with Gasteiger partial charge in [-0.05, 0) is 11.6 Å². The molecule has 1 aromatic carbocycles. The highest BCUT2D eigenvalue weighted by molar-refractivity contribution is 5.89. The summed E-state index contributed by atoms with van der Waals surface area (Å²) in [7, 11) is 2.01. The molecule has 4 rings (SSSR count). The minimum Gasteiger partial charge on any atom is -0.472 e. The SMILES string of the molecule is Cn1cc(CC(=O)N2CC[C@@H](Oc3ccncn3)C2)c2ccccc21. The lowest BCUT2D eigenvalue weighted by molar-refractivity contribution is -0.129. The average molecular weight is 336 g/mol. The Hall–Kier alpha value is -2.89. The van der Waals surface area contributed by atoms with E-state index < -0.39 is 0 Å². The van der Waals surface area contributed by atoms with Gasteiger partial charge in [-0.15, -0.1) is 0 Å². The average Bonchev–Trinajstić information content (AvgIpc) is 3.22. The molecule has 6 heteroatoms. The molecule has 0 spiro atoms. The molecule has 0 saturated carbocycles. The molecule has 3 heterocycles. The third-order valence-electron chi connectivity index (χ3n) is 4.66. The zero-order valence-electron chi connectivity index (χ0n) is 14.1. The van der Waals surface area contributed by atoms with Crippen LogP contribution in [0.25, 0.3) is 10.9 Å². The van der Waals surface area contributed by atoms with E-state index in [0.717, 1.165) is 29.4 Å². The molecule has 1 fully saturated rings. The lowest BCUT2D eigenvalue weighted by atomic mass is 10.1. The maximum Gasteiger partial charge on any atom is 0.227 e. The first-order chi connectivity index (χ1) is 12.2. The molecule has 2 aromatic heterocycles. The van der Waals surface area contributed by atoms with Crippen LogP contribution in [0.15, 0.2) is 49.1 Å². The van der Waals surface area contributed by atoms with Gasteiger partial charge in [-0.25, -0.2) is 9.97 Å². The van der Waals surface area contributed by atoms with Crippen molar-refractivity contribution < 1.29 is 9.53 Å². The van der Waals surface area contributed by atoms with Gasteiger partial charge in [-0.2, -0.15) is 0 Å². The van der Waals surface area contributed by atoms with Gasteiger partial charge in [0.2, 0.25) is 11.8 Å². The number of likely N-dealkylation sites (tertiary alicyclic amines) is 1. The summed E-state index contributed by atoms with van der Waals surface area (Å²) >= 11 is 0. The number of carbonyl (C=O) groups excluding carboxylic acids is 1. The lowest BCUT2D eigenvalue weighted by Crippen LogP contribution is -2.32. The van der Waals surface area contributed by atoms with E-state index >= 15 is 0 Å². The van der Waals surface area contributed by atoms with Crippen LogP contribution in [0.2, 0.25) is 0 Å². The molecule has 1 atom stereocenters. The Balaban J connectivity index is 1.42. The Labute approximate surface area is 146 Å². The lowest BCUT2D eigenvalue weighted by Gasteiger charge is -2.16. The van der Waals surface area contributed by atoms with Crippen LogP contribution in [0.1, 0.15) is 12.0 Å². The third kappa shape index (κ3) is 3.20. The summed E-state index contributed by atoms with van der Waals surface area (Å²) in [4.78, 5) is 22.5. The van der Waals surface area contributed by atoms with Crippen molar-refractivity contribution in [1.29, 1.82) is 0 Å². The zero-order chi connectivity index (χ0) is 17.2. The molecule has 6 nitrogen and oxygen atoms in total. The Morgan fingerprint density at radius 3 is 3.04 bits per heavy atom. The van der Waals surface area contributed by atoms with Crippen molar-refractivity contribution in [3.05, 3.63) is 54.6 Å². The van der Waals surface area contributed by atoms with E-state index in [-0.39, 0.29) is 12.0 Å². The number of nitrogens with zero attached hydrogens (tertiary/aromatic N) is 4. The van der Waals surface area contributed by atoms with E-state index in [9.17, 15) is 4.79 Å². The molecule has 0 unspecified atom stereocenters. The highest BCUT2D eigenvalue weighted by Gasteiger charge is 2.28. The van der Waals surface area contributed by atoms with Gasteiger partial charge >= 0.3 is 0 Å². The number of fused-ring (bicyclic) bond motifs is 1. The second kappa shape index (κ2) is 6.55. The van der Waals surface area contributed by atoms with E-state index in [1.165, 1.54) is 6.33 Å². The van der Waals surface area contributed by atoms with Crippen LogP contribution in [-0.4, -0.2) is 44.5 Å². The fraction of sp³-hybridized carbons (Fsp3) is 0.316. The number of para-hydroxylation sites is 1. The molecule has 25 heavy (non-hydrogen) atoms. The Morgan fingerprint density at radius 1 is 1.32 bits per heavy atom. The van der Waals surface area contributed by atoms with Crippen LogP contribution < -0.4 is 4.74 Å². The number of aromatic nitrogens is 3. The molecule has 3 aromatic rings. The van der Waals surface area contributed by atoms with E-state index in [1.54, 1.807) is 12.3 Å². The van der Waals surface area contributed by atoms with Gasteiger partial charge in [0.15, 0.2) is 0 Å². The molecule has 0 bridgehead atoms. The van der Waals surface area contributed by atoms with Gasteiger partial charge in [0.05, 0.1) is 13.0 Å². The van der Waals surface area contributed by atoms with Gasteiger partial charge in [-0.1, -0.05) is 18.2 Å². The molecule has 1 saturated heterocycles. The Morgan fingerprint density at radius 2 is 2.20 bits per heavy atom. The molecular formula is C19H20N4O2. The zero-order valence-corrected chi connectivity index (χ0v) is 14.1. The predicted octanol–water partition coefficient (Wildman–Crippen LogP) is 2.19. The first-order valence-corrected chi connectivity index (χ1v) is 8.44. The molecule has 0 N–H and O–H groups in total. The number of aryl methyl sites for hydroxylation is 1. The van der Waals surface area contributed by atoms with Crippen LogP contribution in [0.5, 0.6) is 5.88 Å². The van der Waals surface area contributed by atoms with Crippen molar-refractivity contribution in [2.24, 2.45) is 7.05 Å². The van der Waals surface area contributed by atoms with E-state index in [4.69, 9.17) is 4.74 Å². The van der Waals surface area contributed by atoms with Crippen LogP contribution in [0.4, 0.5) is 0 Å². The fourth-order valence-electron chi connectivity index (χ4n) is 3.41. The molecule has 1 amide bonds. The maximum atomic E-state index is 12.7. The van der Waals surface area contributed by atoms with Gasteiger partial charge < -0.3 is 14.2 Å². The minimum atomic E-state index is -0.00799. The third-order valence-corrected chi connectivity index (χ3v) is 4.66. The van der Waals surface area contributed by atoms with Crippen molar-refractivity contribution in [3.63, 3.8) is 0 Å². The number of hydrogen-bond donors (Lipinski definition) is 0. The number of amides is 1. The first-order valence-electron chi connectivity index (χ1n) is 8.44. The number of carbonyl (C=O) groups is 1. The minimum absolute atomic E-state index is 0.00799. The molecule has 128 valence electrons. The van der Waals surface area contributed by atoms with Gasteiger partial charge in [0.25, 0.3) is 0 Å². The van der Waals surface area contributed by atoms with Crippen molar-refractivity contribution in [1.82, 2.24) is 19.4 Å². The molecule has 1 aliphatic rings. The summed E-state index contributed by atoms with van der Waals surface area (Å²) < 4.78 is 7.90. The van der Waals surface area contributed by atoms with E-state index in [0.29, 0.717) is 18.8 Å². The van der Waals surface area contributed by atoms with E-state index in [1.807, 2.05) is 30.3 Å². The predicted molar refractivity (Wildman–Crippen MR) is 94.3 cm³/mol. The van der Waals surface area contributed by atoms with Crippen molar-refractivity contribution in [3.8, 4) is 5.88 Å². The van der Waals surface area contributed by atoms with Crippen molar-refractivity contribution >= 4 is 16.8 Å². The van der Waals surface area contributed by atoms with Crippen molar-refractivity contribution in [2.45, 2.75) is 18.9 Å². The molecule has 0 radical (unpaired) electrons. The molecular weight excluding hydrogens is 316 g/mol. The summed E-state index contributed by atoms with van der Waals surface area (Å²) in [5.41, 5.74) is 2.22. The quantitative estimate of drug-likeness (QED) is 0.733. The Bertz CT molecular complexity index is 891. The van der Waals surface area contributed by atoms with Crippen LogP contribution in [0, 0.1) is 0 Å². The number of ether oxygens (including phenoxy) is 1. The van der Waals surface area contributed by atoms with Crippen LogP contribution >= 0.6 is 0 Å². The number of hydrogen-bond acceptors (Lipinski definition) is 4. The highest BCUT2D eigenvalue weighted by atomic mass is 16.5. The smallest absolute Gasteiger partial charge is 0.227 e. The van der Waals surface area contributed by atoms with Crippen LogP contribution in [-0.2, 0) is 18.3 Å². The first kappa shape index (κ1) is 15.6. The van der Waals surface area contributed by atoms with Gasteiger partial charge in [0.1, 0.15) is 12.4 Å². The standard InChI is InChI=1S/C19H20N4O2/c1-22-11-14(16-4-2-3-5-17(16)22)10-19(24)23-9-7-15(12-23)25-18-6-8-20-13-21-18/h2-6,8,11,13,15H,7,9-10,12H2,1H3/t15-/m1/s1. The maximum absolute atomic E-state index is 12.7. The topological polar surface area (TPSA) is 60.2 Å². The normalized spacial score (nSPS) is 17.2. The second-order valence-corrected chi connectivity index (χ2v) is 6.38. The van der Waals surface area contributed by atoms with Gasteiger partial charge in [0, 0.05) is 49.4 Å². The number of rotatable bonds is 4. The fourth-order valence-corrected chi connectivity index (χ4v) is 3.41. The summed E-state index contributed by atoms with van der Waals surface area (Å²) in [6.07, 6.45) is 6.40. The van der Waals surface area contributed by atoms with E-state index in [2.05, 4.69) is 26.7 Å². The monoisotopic (exact) mass is 336 g/mol. The summed E-state index contributed by atoms with van der Waals surface area (Å²) in [6, 6.07) is 9.91. The van der Waals surface area contributed by atoms with Crippen molar-refractivity contribution in [2.75, 3.05) is 13.1 Å². The second-order valence-electron chi connectivity index (χ2n) is 6.38. The largest absolute Gasteiger partial charge is 0.472 e. The number of benzene rings is 1. The highest BCUT2D eigenvalue weighted by Crippen LogP contribution is 2.22. The van der Waals surface area contributed by atoms with Crippen LogP contribution in [0.3, 0.4) is 0 Å². The Kier molecular flexibility index (Phi) is 4.09. The summed E-state index contributed by atoms with van der Waals surface area (Å²) in [6.45, 7) is 1.33. The summed E-state index contributed by atoms with van der Waals surface area (Å²) in [5.74, 6) is 0.702. The molecule has 0 aliphatic carbocycles.